The van der Waals surface area contributed by atoms with Gasteiger partial charge in [0.05, 0.1) is 11.0 Å². The highest BCUT2D eigenvalue weighted by molar-refractivity contribution is 7.90. The number of carbonyl (C=O) groups excluding carboxylic acids is 2. The molecule has 2 aromatic carbocycles. The maximum Gasteiger partial charge on any atom is 0.430 e. The molecule has 0 bridgehead atoms. The highest BCUT2D eigenvalue weighted by atomic mass is 32.2. The molecule has 2 aliphatic rings. The fourth-order valence-corrected chi connectivity index (χ4v) is 5.34. The number of carbonyl (C=O) groups is 2. The third-order valence-corrected chi connectivity index (χ3v) is 7.98. The molecule has 1 fully saturated rings. The lowest BCUT2D eigenvalue weighted by atomic mass is 9.81. The Bertz CT molecular complexity index is 1390. The molecular formula is C24H22F6N2O6S. The fraction of sp³-hybridized carbons (Fsp3) is 0.417. The Balaban J connectivity index is 1.64. The molecule has 1 heterocycles. The first-order chi connectivity index (χ1) is 17.8. The van der Waals surface area contributed by atoms with Gasteiger partial charge in [-0.1, -0.05) is 18.2 Å². The van der Waals surface area contributed by atoms with Crippen molar-refractivity contribution in [2.24, 2.45) is 5.92 Å². The normalized spacial score (nSPS) is 21.8. The van der Waals surface area contributed by atoms with Crippen LogP contribution < -0.4 is 5.32 Å². The first-order valence-electron chi connectivity index (χ1n) is 11.4. The van der Waals surface area contributed by atoms with E-state index in [1.54, 1.807) is 0 Å². The Morgan fingerprint density at radius 1 is 0.974 bits per heavy atom. The Kier molecular flexibility index (Phi) is 7.01. The molecule has 1 unspecified atom stereocenters. The van der Waals surface area contributed by atoms with Crippen molar-refractivity contribution in [3.05, 3.63) is 59.2 Å². The van der Waals surface area contributed by atoms with Gasteiger partial charge in [-0.3, -0.25) is 9.59 Å². The number of nitrogens with zero attached hydrogens (tertiary/aromatic N) is 1. The molecule has 1 aliphatic carbocycles. The van der Waals surface area contributed by atoms with Crippen molar-refractivity contribution in [2.75, 3.05) is 11.6 Å². The zero-order valence-corrected chi connectivity index (χ0v) is 20.9. The molecule has 212 valence electrons. The molecular weight excluding hydrogens is 558 g/mol. The van der Waals surface area contributed by atoms with Gasteiger partial charge in [0.2, 0.25) is 5.91 Å². The van der Waals surface area contributed by atoms with Crippen LogP contribution in [0, 0.1) is 5.92 Å². The second-order valence-electron chi connectivity index (χ2n) is 9.60. The second-order valence-corrected chi connectivity index (χ2v) is 11.6. The van der Waals surface area contributed by atoms with Crippen LogP contribution in [-0.4, -0.2) is 60.1 Å². The molecule has 1 saturated carbocycles. The fourth-order valence-electron chi connectivity index (χ4n) is 4.66. The van der Waals surface area contributed by atoms with Crippen LogP contribution in [0.4, 0.5) is 32.0 Å². The van der Waals surface area contributed by atoms with Gasteiger partial charge in [-0.15, -0.1) is 0 Å². The van der Waals surface area contributed by atoms with E-state index in [1.807, 2.05) is 0 Å². The molecule has 0 spiro atoms. The first kappa shape index (κ1) is 28.8. The summed E-state index contributed by atoms with van der Waals surface area (Å²) in [5.41, 5.74) is -6.22. The zero-order chi connectivity index (χ0) is 29.1. The number of hydrogen-bond donors (Lipinski definition) is 3. The molecule has 3 N–H and O–H groups in total. The van der Waals surface area contributed by atoms with Gasteiger partial charge in [0, 0.05) is 30.0 Å². The number of aliphatic hydroxyl groups is 2. The van der Waals surface area contributed by atoms with Crippen LogP contribution >= 0.6 is 0 Å². The van der Waals surface area contributed by atoms with Crippen molar-refractivity contribution in [3.63, 3.8) is 0 Å². The highest BCUT2D eigenvalue weighted by Crippen LogP contribution is 2.50. The average Bonchev–Trinajstić information content (AvgIpc) is 3.18. The van der Waals surface area contributed by atoms with E-state index in [0.29, 0.717) is 17.7 Å². The van der Waals surface area contributed by atoms with Gasteiger partial charge in [0.15, 0.2) is 9.84 Å². The van der Waals surface area contributed by atoms with Crippen LogP contribution in [0.3, 0.4) is 0 Å². The van der Waals surface area contributed by atoms with E-state index < -0.39 is 63.2 Å². The van der Waals surface area contributed by atoms with E-state index in [-0.39, 0.29) is 35.5 Å². The van der Waals surface area contributed by atoms with E-state index in [9.17, 15) is 54.6 Å². The second kappa shape index (κ2) is 9.48. The summed E-state index contributed by atoms with van der Waals surface area (Å²) in [5.74, 6) is -1.92. The number of amides is 2. The number of rotatable bonds is 5. The number of alkyl halides is 6. The summed E-state index contributed by atoms with van der Waals surface area (Å²) < 4.78 is 103. The van der Waals surface area contributed by atoms with Crippen molar-refractivity contribution in [3.8, 4) is 0 Å². The molecule has 1 aliphatic heterocycles. The van der Waals surface area contributed by atoms with Crippen LogP contribution in [0.1, 0.15) is 35.6 Å². The minimum atomic E-state index is -6.08. The summed E-state index contributed by atoms with van der Waals surface area (Å²) >= 11 is 0. The summed E-state index contributed by atoms with van der Waals surface area (Å²) in [6, 6.07) is 4.86. The van der Waals surface area contributed by atoms with Gasteiger partial charge in [-0.2, -0.15) is 26.3 Å². The highest BCUT2D eigenvalue weighted by Gasteiger charge is 2.71. The topological polar surface area (TPSA) is 124 Å². The lowest BCUT2D eigenvalue weighted by molar-refractivity contribution is -0.376. The average molecular weight is 581 g/mol. The molecule has 2 amide bonds. The smallest absolute Gasteiger partial charge is 0.393 e. The molecule has 0 radical (unpaired) electrons. The predicted octanol–water partition coefficient (Wildman–Crippen LogP) is 3.20. The van der Waals surface area contributed by atoms with Gasteiger partial charge in [0.1, 0.15) is 6.04 Å². The van der Waals surface area contributed by atoms with Crippen LogP contribution in [0.2, 0.25) is 0 Å². The lowest BCUT2D eigenvalue weighted by Gasteiger charge is -2.35. The first-order valence-corrected chi connectivity index (χ1v) is 13.3. The monoisotopic (exact) mass is 580 g/mol. The van der Waals surface area contributed by atoms with Crippen LogP contribution in [0.5, 0.6) is 0 Å². The van der Waals surface area contributed by atoms with Crippen molar-refractivity contribution >= 4 is 27.3 Å². The number of fused-ring (bicyclic) bond motifs is 1. The third kappa shape index (κ3) is 5.10. The van der Waals surface area contributed by atoms with Gasteiger partial charge >= 0.3 is 12.4 Å². The van der Waals surface area contributed by atoms with Gasteiger partial charge in [-0.25, -0.2) is 8.42 Å². The molecule has 39 heavy (non-hydrogen) atoms. The maximum atomic E-state index is 13.3. The zero-order valence-electron chi connectivity index (χ0n) is 20.0. The summed E-state index contributed by atoms with van der Waals surface area (Å²) in [5, 5.41) is 21.5. The van der Waals surface area contributed by atoms with E-state index >= 15 is 0 Å². The minimum absolute atomic E-state index is 0.0498. The van der Waals surface area contributed by atoms with Crippen LogP contribution in [-0.2, 0) is 31.6 Å². The van der Waals surface area contributed by atoms with Gasteiger partial charge in [0.25, 0.3) is 11.5 Å². The quantitative estimate of drug-likeness (QED) is 0.467. The van der Waals surface area contributed by atoms with Crippen molar-refractivity contribution < 1.29 is 54.6 Å². The SMILES string of the molecule is CS(=O)(=O)c1ccc2c(c1)CN(C(=O)[C@H]1C[C@H](O)C1)C2C(=O)Nc1ccc(C(O)(C(F)(F)F)C(F)(F)F)cc1. The number of nitrogens with one attached hydrogen (secondary N) is 1. The molecule has 0 aromatic heterocycles. The standard InChI is InChI=1S/C24H22F6N2O6S/c1-39(37,38)17-6-7-18-13(10-17)11-32(21(35)12-8-16(33)9-12)19(18)20(34)31-15-4-2-14(3-5-15)22(36,23(25,26)27)24(28,29)30/h2-7,10,12,16,19,33,36H,8-9,11H2,1H3,(H,31,34)/t12-,16-,19?. The van der Waals surface area contributed by atoms with Crippen molar-refractivity contribution in [2.45, 2.75) is 54.4 Å². The molecule has 0 saturated heterocycles. The number of aliphatic hydroxyl groups excluding tert-OH is 1. The molecule has 15 heteroatoms. The largest absolute Gasteiger partial charge is 0.430 e. The Morgan fingerprint density at radius 2 is 1.54 bits per heavy atom. The molecule has 2 aromatic rings. The summed E-state index contributed by atoms with van der Waals surface area (Å²) in [6.45, 7) is -0.134. The van der Waals surface area contributed by atoms with Gasteiger partial charge in [-0.05, 0) is 48.2 Å². The number of halogens is 6. The molecule has 4 rings (SSSR count). The predicted molar refractivity (Wildman–Crippen MR) is 123 cm³/mol. The summed E-state index contributed by atoms with van der Waals surface area (Å²) in [6.07, 6.45) is -11.5. The number of anilines is 1. The Morgan fingerprint density at radius 3 is 2.03 bits per heavy atom. The van der Waals surface area contributed by atoms with Crippen molar-refractivity contribution in [1.29, 1.82) is 0 Å². The summed E-state index contributed by atoms with van der Waals surface area (Å²) in [7, 11) is -3.62. The number of benzene rings is 2. The van der Waals surface area contributed by atoms with Gasteiger partial charge < -0.3 is 20.4 Å². The van der Waals surface area contributed by atoms with Crippen LogP contribution in [0.15, 0.2) is 47.4 Å². The molecule has 8 nitrogen and oxygen atoms in total. The van der Waals surface area contributed by atoms with Crippen molar-refractivity contribution in [1.82, 2.24) is 4.90 Å². The van der Waals surface area contributed by atoms with Crippen LogP contribution in [0.25, 0.3) is 0 Å². The Hall–Kier alpha value is -3.17. The van der Waals surface area contributed by atoms with E-state index in [2.05, 4.69) is 5.32 Å². The Labute approximate surface area is 218 Å². The maximum absolute atomic E-state index is 13.3. The van der Waals surface area contributed by atoms with E-state index in [0.717, 1.165) is 18.4 Å². The van der Waals surface area contributed by atoms with E-state index in [4.69, 9.17) is 0 Å². The molecule has 1 atom stereocenters. The lowest BCUT2D eigenvalue weighted by Crippen LogP contribution is -2.53. The third-order valence-electron chi connectivity index (χ3n) is 6.87. The van der Waals surface area contributed by atoms with E-state index in [1.165, 1.54) is 23.1 Å². The number of sulfone groups is 1. The number of hydrogen-bond acceptors (Lipinski definition) is 6. The minimum Gasteiger partial charge on any atom is -0.393 e. The summed E-state index contributed by atoms with van der Waals surface area (Å²) in [4.78, 5) is 27.5.